The summed E-state index contributed by atoms with van der Waals surface area (Å²) in [6.07, 6.45) is 5.65. The molecule has 0 saturated heterocycles. The quantitative estimate of drug-likeness (QED) is 0.838. The van der Waals surface area contributed by atoms with Gasteiger partial charge in [0.1, 0.15) is 5.82 Å². The Labute approximate surface area is 97.1 Å². The van der Waals surface area contributed by atoms with E-state index in [4.69, 9.17) is 0 Å². The first-order chi connectivity index (χ1) is 7.62. The average Bonchev–Trinajstić information content (AvgIpc) is 2.15. The molecule has 0 aliphatic heterocycles. The topological polar surface area (TPSA) is 41.1 Å². The second kappa shape index (κ2) is 4.37. The Morgan fingerprint density at radius 1 is 1.44 bits per heavy atom. The van der Waals surface area contributed by atoms with Crippen LogP contribution in [0.15, 0.2) is 12.3 Å². The maximum Gasteiger partial charge on any atom is 0.148 e. The maximum atomic E-state index is 4.08. The summed E-state index contributed by atoms with van der Waals surface area (Å²) in [5, 5.41) is 11.4. The van der Waals surface area contributed by atoms with Crippen molar-refractivity contribution < 1.29 is 0 Å². The number of aromatic nitrogens is 2. The number of nitrogens with one attached hydrogen (secondary N) is 1. The summed E-state index contributed by atoms with van der Waals surface area (Å²) in [4.78, 5) is 2.33. The van der Waals surface area contributed by atoms with Crippen LogP contribution in [-0.4, -0.2) is 41.3 Å². The van der Waals surface area contributed by atoms with E-state index in [9.17, 15) is 0 Å². The number of rotatable bonds is 4. The van der Waals surface area contributed by atoms with Gasteiger partial charge in [0.15, 0.2) is 0 Å². The number of anilines is 1. The number of likely N-dealkylation sites (N-methyl/N-ethyl adjacent to an activating group) is 1. The molecule has 16 heavy (non-hydrogen) atoms. The minimum Gasteiger partial charge on any atom is -0.367 e. The van der Waals surface area contributed by atoms with Gasteiger partial charge in [-0.15, -0.1) is 5.10 Å². The third kappa shape index (κ3) is 2.16. The lowest BCUT2D eigenvalue weighted by Gasteiger charge is -2.47. The average molecular weight is 220 g/mol. The highest BCUT2D eigenvalue weighted by Gasteiger charge is 2.38. The van der Waals surface area contributed by atoms with Crippen LogP contribution in [-0.2, 0) is 0 Å². The Balaban J connectivity index is 1.96. The van der Waals surface area contributed by atoms with E-state index >= 15 is 0 Å². The molecule has 88 valence electrons. The monoisotopic (exact) mass is 220 g/mol. The second-order valence-corrected chi connectivity index (χ2v) is 4.94. The van der Waals surface area contributed by atoms with Gasteiger partial charge in [-0.1, -0.05) is 0 Å². The lowest BCUT2D eigenvalue weighted by molar-refractivity contribution is 0.0738. The molecule has 1 fully saturated rings. The summed E-state index contributed by atoms with van der Waals surface area (Å²) in [6, 6.07) is 2.04. The van der Waals surface area contributed by atoms with Gasteiger partial charge in [0.25, 0.3) is 0 Å². The van der Waals surface area contributed by atoms with E-state index in [0.29, 0.717) is 5.54 Å². The van der Waals surface area contributed by atoms with E-state index < -0.39 is 0 Å². The Morgan fingerprint density at radius 3 is 2.69 bits per heavy atom. The Kier molecular flexibility index (Phi) is 3.10. The van der Waals surface area contributed by atoms with Crippen LogP contribution in [0.1, 0.15) is 24.8 Å². The zero-order valence-corrected chi connectivity index (χ0v) is 10.3. The summed E-state index contributed by atoms with van der Waals surface area (Å²) < 4.78 is 0. The van der Waals surface area contributed by atoms with Gasteiger partial charge in [-0.25, -0.2) is 0 Å². The van der Waals surface area contributed by atoms with Gasteiger partial charge in [-0.2, -0.15) is 5.10 Å². The lowest BCUT2D eigenvalue weighted by Crippen LogP contribution is -2.54. The molecule has 0 bridgehead atoms. The Hall–Kier alpha value is -1.16. The van der Waals surface area contributed by atoms with Gasteiger partial charge in [-0.3, -0.25) is 0 Å². The fourth-order valence-corrected chi connectivity index (χ4v) is 2.17. The predicted molar refractivity (Wildman–Crippen MR) is 65.5 cm³/mol. The molecule has 2 rings (SSSR count). The summed E-state index contributed by atoms with van der Waals surface area (Å²) in [7, 11) is 4.31. The third-order valence-corrected chi connectivity index (χ3v) is 3.62. The normalized spacial score (nSPS) is 18.2. The second-order valence-electron chi connectivity index (χ2n) is 4.94. The van der Waals surface area contributed by atoms with Crippen molar-refractivity contribution >= 4 is 5.82 Å². The third-order valence-electron chi connectivity index (χ3n) is 3.62. The minimum atomic E-state index is 0.325. The van der Waals surface area contributed by atoms with E-state index in [-0.39, 0.29) is 0 Å². The molecule has 1 N–H and O–H groups in total. The molecule has 1 aliphatic rings. The molecule has 0 unspecified atom stereocenters. The van der Waals surface area contributed by atoms with Gasteiger partial charge in [0, 0.05) is 12.1 Å². The minimum absolute atomic E-state index is 0.325. The summed E-state index contributed by atoms with van der Waals surface area (Å²) in [5.41, 5.74) is 1.47. The molecule has 4 nitrogen and oxygen atoms in total. The molecule has 4 heteroatoms. The standard InChI is InChI=1S/C12H20N4/c1-10-7-11(15-14-8-10)13-9-12(16(2)3)5-4-6-12/h7-8H,4-6,9H2,1-3H3,(H,13,15). The van der Waals surface area contributed by atoms with Crippen molar-refractivity contribution in [2.24, 2.45) is 0 Å². The van der Waals surface area contributed by atoms with Gasteiger partial charge >= 0.3 is 0 Å². The fraction of sp³-hybridized carbons (Fsp3) is 0.667. The smallest absolute Gasteiger partial charge is 0.148 e. The van der Waals surface area contributed by atoms with Crippen LogP contribution in [0.25, 0.3) is 0 Å². The van der Waals surface area contributed by atoms with Gasteiger partial charge in [0.05, 0.1) is 6.20 Å². The number of hydrogen-bond acceptors (Lipinski definition) is 4. The van der Waals surface area contributed by atoms with Gasteiger partial charge < -0.3 is 10.2 Å². The predicted octanol–water partition coefficient (Wildman–Crippen LogP) is 1.68. The summed E-state index contributed by atoms with van der Waals surface area (Å²) in [5.74, 6) is 0.883. The molecular weight excluding hydrogens is 200 g/mol. The van der Waals surface area contributed by atoms with Gasteiger partial charge in [-0.05, 0) is 51.9 Å². The number of nitrogens with zero attached hydrogens (tertiary/aromatic N) is 3. The van der Waals surface area contributed by atoms with Crippen molar-refractivity contribution in [3.8, 4) is 0 Å². The van der Waals surface area contributed by atoms with Gasteiger partial charge in [0.2, 0.25) is 0 Å². The molecule has 0 radical (unpaired) electrons. The number of aryl methyl sites for hydroxylation is 1. The van der Waals surface area contributed by atoms with Crippen LogP contribution in [0.4, 0.5) is 5.82 Å². The summed E-state index contributed by atoms with van der Waals surface area (Å²) in [6.45, 7) is 2.99. The van der Waals surface area contributed by atoms with Crippen LogP contribution in [0.5, 0.6) is 0 Å². The first-order valence-electron chi connectivity index (χ1n) is 5.83. The largest absolute Gasteiger partial charge is 0.367 e. The molecule has 0 amide bonds. The zero-order chi connectivity index (χ0) is 11.6. The Bertz CT molecular complexity index is 358. The summed E-state index contributed by atoms with van der Waals surface area (Å²) >= 11 is 0. The van der Waals surface area contributed by atoms with Crippen LogP contribution in [0.3, 0.4) is 0 Å². The molecule has 1 heterocycles. The fourth-order valence-electron chi connectivity index (χ4n) is 2.17. The van der Waals surface area contributed by atoms with Crippen molar-refractivity contribution in [1.29, 1.82) is 0 Å². The van der Waals surface area contributed by atoms with Crippen molar-refractivity contribution in [2.75, 3.05) is 26.0 Å². The van der Waals surface area contributed by atoms with E-state index in [2.05, 4.69) is 34.5 Å². The molecule has 1 saturated carbocycles. The van der Waals surface area contributed by atoms with Crippen LogP contribution < -0.4 is 5.32 Å². The van der Waals surface area contributed by atoms with E-state index in [0.717, 1.165) is 17.9 Å². The van der Waals surface area contributed by atoms with Crippen molar-refractivity contribution in [3.63, 3.8) is 0 Å². The zero-order valence-electron chi connectivity index (χ0n) is 10.3. The molecule has 1 aliphatic carbocycles. The molecular formula is C12H20N4. The molecule has 0 atom stereocenters. The SMILES string of the molecule is Cc1cnnc(NCC2(N(C)C)CCC2)c1. The highest BCUT2D eigenvalue weighted by molar-refractivity contribution is 5.35. The first-order valence-corrected chi connectivity index (χ1v) is 5.83. The van der Waals surface area contributed by atoms with Crippen molar-refractivity contribution in [1.82, 2.24) is 15.1 Å². The maximum absolute atomic E-state index is 4.08. The lowest BCUT2D eigenvalue weighted by atomic mass is 9.75. The van der Waals surface area contributed by atoms with E-state index in [1.165, 1.54) is 19.3 Å². The highest BCUT2D eigenvalue weighted by Crippen LogP contribution is 2.36. The first kappa shape index (κ1) is 11.3. The highest BCUT2D eigenvalue weighted by atomic mass is 15.2. The van der Waals surface area contributed by atoms with E-state index in [1.54, 1.807) is 6.20 Å². The molecule has 1 aromatic rings. The molecule has 0 spiro atoms. The van der Waals surface area contributed by atoms with Crippen LogP contribution in [0, 0.1) is 6.92 Å². The van der Waals surface area contributed by atoms with Crippen LogP contribution in [0.2, 0.25) is 0 Å². The molecule has 1 aromatic heterocycles. The molecule has 0 aromatic carbocycles. The van der Waals surface area contributed by atoms with E-state index in [1.807, 2.05) is 13.0 Å². The van der Waals surface area contributed by atoms with Crippen LogP contribution >= 0.6 is 0 Å². The van der Waals surface area contributed by atoms with Crippen molar-refractivity contribution in [3.05, 3.63) is 17.8 Å². The number of hydrogen-bond donors (Lipinski definition) is 1. The van der Waals surface area contributed by atoms with Crippen molar-refractivity contribution in [2.45, 2.75) is 31.7 Å². The Morgan fingerprint density at radius 2 is 2.19 bits per heavy atom.